The van der Waals surface area contributed by atoms with Crippen molar-refractivity contribution >= 4 is 22.6 Å². The Morgan fingerprint density at radius 2 is 1.75 bits per heavy atom. The van der Waals surface area contributed by atoms with Crippen LogP contribution in [0.2, 0.25) is 0 Å². The summed E-state index contributed by atoms with van der Waals surface area (Å²) in [6.45, 7) is 9.91. The molecule has 0 bridgehead atoms. The second kappa shape index (κ2) is 8.54. The van der Waals surface area contributed by atoms with Crippen molar-refractivity contribution in [2.24, 2.45) is 23.5 Å². The minimum atomic E-state index is -3.40. The van der Waals surface area contributed by atoms with Crippen LogP contribution >= 0.6 is 12.4 Å². The second-order valence-electron chi connectivity index (χ2n) is 6.45. The zero-order chi connectivity index (χ0) is 14.6. The lowest BCUT2D eigenvalue weighted by atomic mass is 9.94. The summed E-state index contributed by atoms with van der Waals surface area (Å²) >= 11 is 0. The van der Waals surface area contributed by atoms with Crippen LogP contribution in [0.5, 0.6) is 0 Å². The summed E-state index contributed by atoms with van der Waals surface area (Å²) in [4.78, 5) is 0. The van der Waals surface area contributed by atoms with E-state index < -0.39 is 10.2 Å². The van der Waals surface area contributed by atoms with Gasteiger partial charge in [0.25, 0.3) is 10.2 Å². The molecule has 1 aliphatic heterocycles. The first-order valence-corrected chi connectivity index (χ1v) is 8.66. The lowest BCUT2D eigenvalue weighted by Gasteiger charge is -2.35. The highest BCUT2D eigenvalue weighted by molar-refractivity contribution is 7.87. The van der Waals surface area contributed by atoms with Crippen LogP contribution in [-0.4, -0.2) is 38.4 Å². The molecule has 3 unspecified atom stereocenters. The van der Waals surface area contributed by atoms with Crippen LogP contribution in [0.25, 0.3) is 0 Å². The summed E-state index contributed by atoms with van der Waals surface area (Å²) in [7, 11) is -3.40. The molecule has 3 N–H and O–H groups in total. The van der Waals surface area contributed by atoms with Crippen molar-refractivity contribution in [2.75, 3.05) is 19.6 Å². The van der Waals surface area contributed by atoms with Gasteiger partial charge in [0.15, 0.2) is 0 Å². The first-order valence-electron chi connectivity index (χ1n) is 7.22. The summed E-state index contributed by atoms with van der Waals surface area (Å²) in [5.41, 5.74) is 5.67. The molecule has 1 rings (SSSR count). The third-order valence-electron chi connectivity index (χ3n) is 3.53. The van der Waals surface area contributed by atoms with Crippen LogP contribution in [0.3, 0.4) is 0 Å². The Balaban J connectivity index is 0.00000361. The SMILES string of the molecule is CC(C)CC(CN)NS(=O)(=O)N1CC(C)CC(C)C1.Cl. The molecule has 3 atom stereocenters. The fraction of sp³-hybridized carbons (Fsp3) is 1.00. The number of nitrogens with zero attached hydrogens (tertiary/aromatic N) is 1. The average molecular weight is 328 g/mol. The number of piperidine rings is 1. The quantitative estimate of drug-likeness (QED) is 0.778. The monoisotopic (exact) mass is 327 g/mol. The van der Waals surface area contributed by atoms with Crippen LogP contribution < -0.4 is 10.5 Å². The highest BCUT2D eigenvalue weighted by Crippen LogP contribution is 2.23. The predicted molar refractivity (Wildman–Crippen MR) is 86.1 cm³/mol. The first kappa shape index (κ1) is 20.1. The van der Waals surface area contributed by atoms with E-state index >= 15 is 0 Å². The first-order chi connectivity index (χ1) is 8.74. The van der Waals surface area contributed by atoms with Gasteiger partial charge in [0.2, 0.25) is 0 Å². The molecule has 20 heavy (non-hydrogen) atoms. The van der Waals surface area contributed by atoms with E-state index in [-0.39, 0.29) is 18.4 Å². The lowest BCUT2D eigenvalue weighted by molar-refractivity contribution is 0.219. The third kappa shape index (κ3) is 6.26. The van der Waals surface area contributed by atoms with Crippen LogP contribution in [0.15, 0.2) is 0 Å². The largest absolute Gasteiger partial charge is 0.329 e. The van der Waals surface area contributed by atoms with Gasteiger partial charge in [-0.15, -0.1) is 12.4 Å². The fourth-order valence-electron chi connectivity index (χ4n) is 2.85. The highest BCUT2D eigenvalue weighted by Gasteiger charge is 2.31. The molecule has 0 radical (unpaired) electrons. The molecule has 0 saturated carbocycles. The van der Waals surface area contributed by atoms with Crippen molar-refractivity contribution in [3.05, 3.63) is 0 Å². The molecule has 0 aromatic carbocycles. The van der Waals surface area contributed by atoms with Crippen LogP contribution in [0.4, 0.5) is 0 Å². The number of rotatable bonds is 6. The second-order valence-corrected chi connectivity index (χ2v) is 8.15. The highest BCUT2D eigenvalue weighted by atomic mass is 35.5. The van der Waals surface area contributed by atoms with E-state index in [0.717, 1.165) is 12.8 Å². The summed E-state index contributed by atoms with van der Waals surface area (Å²) in [6.07, 6.45) is 1.87. The summed E-state index contributed by atoms with van der Waals surface area (Å²) in [6, 6.07) is -0.169. The maximum atomic E-state index is 12.4. The molecule has 0 spiro atoms. The van der Waals surface area contributed by atoms with Crippen LogP contribution in [0.1, 0.15) is 40.5 Å². The van der Waals surface area contributed by atoms with Gasteiger partial charge in [-0.2, -0.15) is 17.4 Å². The summed E-state index contributed by atoms with van der Waals surface area (Å²) in [5.74, 6) is 1.26. The van der Waals surface area contributed by atoms with Gasteiger partial charge in [-0.05, 0) is 30.6 Å². The lowest BCUT2D eigenvalue weighted by Crippen LogP contribution is -2.52. The number of nitrogens with two attached hydrogens (primary N) is 1. The van der Waals surface area contributed by atoms with Gasteiger partial charge in [-0.3, -0.25) is 0 Å². The van der Waals surface area contributed by atoms with E-state index in [1.54, 1.807) is 4.31 Å². The molecular formula is C13H30ClN3O2S. The van der Waals surface area contributed by atoms with E-state index in [0.29, 0.717) is 37.4 Å². The molecule has 1 fully saturated rings. The van der Waals surface area contributed by atoms with Crippen LogP contribution in [-0.2, 0) is 10.2 Å². The molecule has 0 aromatic rings. The zero-order valence-corrected chi connectivity index (χ0v) is 14.6. The Hall–Kier alpha value is 0.120. The van der Waals surface area contributed by atoms with Crippen molar-refractivity contribution in [1.82, 2.24) is 9.03 Å². The predicted octanol–water partition coefficient (Wildman–Crippen LogP) is 1.59. The number of nitrogens with one attached hydrogen (secondary N) is 1. The van der Waals surface area contributed by atoms with Gasteiger partial charge in [0, 0.05) is 25.7 Å². The summed E-state index contributed by atoms with van der Waals surface area (Å²) < 4.78 is 29.1. The van der Waals surface area contributed by atoms with Crippen molar-refractivity contribution in [3.63, 3.8) is 0 Å². The maximum Gasteiger partial charge on any atom is 0.279 e. The van der Waals surface area contributed by atoms with E-state index in [4.69, 9.17) is 5.73 Å². The molecular weight excluding hydrogens is 298 g/mol. The molecule has 1 saturated heterocycles. The van der Waals surface area contributed by atoms with Crippen molar-refractivity contribution in [2.45, 2.75) is 46.6 Å². The van der Waals surface area contributed by atoms with Gasteiger partial charge in [0.05, 0.1) is 0 Å². The van der Waals surface area contributed by atoms with Gasteiger partial charge in [-0.25, -0.2) is 0 Å². The Bertz CT molecular complexity index is 366. The molecule has 0 amide bonds. The number of hydrogen-bond donors (Lipinski definition) is 2. The Labute approximate surface area is 130 Å². The minimum Gasteiger partial charge on any atom is -0.329 e. The van der Waals surface area contributed by atoms with Gasteiger partial charge >= 0.3 is 0 Å². The Morgan fingerprint density at radius 3 is 2.15 bits per heavy atom. The van der Waals surface area contributed by atoms with Crippen molar-refractivity contribution in [1.29, 1.82) is 0 Å². The maximum absolute atomic E-state index is 12.4. The normalized spacial score (nSPS) is 26.3. The average Bonchev–Trinajstić information content (AvgIpc) is 2.25. The van der Waals surface area contributed by atoms with E-state index in [9.17, 15) is 8.42 Å². The van der Waals surface area contributed by atoms with E-state index in [2.05, 4.69) is 32.4 Å². The molecule has 5 nitrogen and oxygen atoms in total. The number of hydrogen-bond acceptors (Lipinski definition) is 3. The van der Waals surface area contributed by atoms with Crippen molar-refractivity contribution in [3.8, 4) is 0 Å². The standard InChI is InChI=1S/C13H29N3O2S.ClH/c1-10(2)5-13(7-14)15-19(17,18)16-8-11(3)6-12(4)9-16;/h10-13,15H,5-9,14H2,1-4H3;1H. The van der Waals surface area contributed by atoms with Gasteiger partial charge in [0.1, 0.15) is 0 Å². The molecule has 1 heterocycles. The smallest absolute Gasteiger partial charge is 0.279 e. The zero-order valence-electron chi connectivity index (χ0n) is 13.0. The number of halogens is 1. The molecule has 1 aliphatic rings. The fourth-order valence-corrected chi connectivity index (χ4v) is 4.51. The van der Waals surface area contributed by atoms with E-state index in [1.165, 1.54) is 0 Å². The summed E-state index contributed by atoms with van der Waals surface area (Å²) in [5, 5.41) is 0. The molecule has 0 aliphatic carbocycles. The Kier molecular flexibility index (Phi) is 8.59. The molecule has 122 valence electrons. The molecule has 0 aromatic heterocycles. The van der Waals surface area contributed by atoms with Gasteiger partial charge < -0.3 is 5.73 Å². The van der Waals surface area contributed by atoms with Crippen LogP contribution in [0, 0.1) is 17.8 Å². The van der Waals surface area contributed by atoms with E-state index in [1.807, 2.05) is 0 Å². The molecule has 7 heteroatoms. The minimum absolute atomic E-state index is 0. The van der Waals surface area contributed by atoms with Crippen molar-refractivity contribution < 1.29 is 8.42 Å². The Morgan fingerprint density at radius 1 is 1.25 bits per heavy atom. The van der Waals surface area contributed by atoms with Gasteiger partial charge in [-0.1, -0.05) is 27.7 Å². The third-order valence-corrected chi connectivity index (χ3v) is 5.14. The topological polar surface area (TPSA) is 75.4 Å².